The number of nitrogens with zero attached hydrogens (tertiary/aromatic N) is 1. The minimum absolute atomic E-state index is 0.102. The SMILES string of the molecule is CCCCCCCCCCCCCCCC(=O)N(CCc1c[nH]c2ccccc12)OC. The number of carbonyl (C=O) groups is 1. The first-order valence-corrected chi connectivity index (χ1v) is 12.7. The van der Waals surface area contributed by atoms with E-state index in [0.29, 0.717) is 13.0 Å². The maximum atomic E-state index is 12.5. The summed E-state index contributed by atoms with van der Waals surface area (Å²) in [5.41, 5.74) is 2.37. The summed E-state index contributed by atoms with van der Waals surface area (Å²) in [5.74, 6) is 0.102. The number of H-pyrrole nitrogens is 1. The zero-order chi connectivity index (χ0) is 22.2. The molecule has 0 saturated heterocycles. The summed E-state index contributed by atoms with van der Waals surface area (Å²) < 4.78 is 0. The number of hydrogen-bond donors (Lipinski definition) is 1. The van der Waals surface area contributed by atoms with E-state index in [-0.39, 0.29) is 5.91 Å². The van der Waals surface area contributed by atoms with Gasteiger partial charge in [0, 0.05) is 23.5 Å². The van der Waals surface area contributed by atoms with Crippen LogP contribution in [0.15, 0.2) is 30.5 Å². The van der Waals surface area contributed by atoms with E-state index in [0.717, 1.165) is 24.8 Å². The highest BCUT2D eigenvalue weighted by Crippen LogP contribution is 2.19. The topological polar surface area (TPSA) is 45.3 Å². The number of amides is 1. The first kappa shape index (κ1) is 25.5. The Morgan fingerprint density at radius 2 is 1.45 bits per heavy atom. The average Bonchev–Trinajstić information content (AvgIpc) is 3.20. The van der Waals surface area contributed by atoms with Crippen molar-refractivity contribution in [2.75, 3.05) is 13.7 Å². The van der Waals surface area contributed by atoms with Crippen molar-refractivity contribution in [1.29, 1.82) is 0 Å². The Hall–Kier alpha value is -1.81. The van der Waals surface area contributed by atoms with Crippen LogP contribution < -0.4 is 0 Å². The number of unbranched alkanes of at least 4 members (excludes halogenated alkanes) is 12. The molecule has 1 aromatic heterocycles. The van der Waals surface area contributed by atoms with Crippen molar-refractivity contribution in [3.63, 3.8) is 0 Å². The van der Waals surface area contributed by atoms with Gasteiger partial charge in [0.15, 0.2) is 0 Å². The van der Waals surface area contributed by atoms with Crippen molar-refractivity contribution < 1.29 is 9.63 Å². The predicted molar refractivity (Wildman–Crippen MR) is 131 cm³/mol. The zero-order valence-electron chi connectivity index (χ0n) is 20.0. The van der Waals surface area contributed by atoms with Crippen molar-refractivity contribution in [3.8, 4) is 0 Å². The number of hydroxylamine groups is 2. The van der Waals surface area contributed by atoms with E-state index >= 15 is 0 Å². The molecule has 4 nitrogen and oxygen atoms in total. The highest BCUT2D eigenvalue weighted by atomic mass is 16.7. The molecule has 0 atom stereocenters. The van der Waals surface area contributed by atoms with Gasteiger partial charge < -0.3 is 4.98 Å². The van der Waals surface area contributed by atoms with E-state index in [1.54, 1.807) is 7.11 Å². The van der Waals surface area contributed by atoms with Crippen molar-refractivity contribution >= 4 is 16.8 Å². The molecule has 1 aromatic carbocycles. The molecule has 0 aliphatic rings. The first-order valence-electron chi connectivity index (χ1n) is 12.7. The fourth-order valence-electron chi connectivity index (χ4n) is 4.30. The van der Waals surface area contributed by atoms with Crippen molar-refractivity contribution in [1.82, 2.24) is 10.0 Å². The van der Waals surface area contributed by atoms with Crippen molar-refractivity contribution in [2.45, 2.75) is 103 Å². The van der Waals surface area contributed by atoms with Crippen LogP contribution >= 0.6 is 0 Å². The molecule has 0 aliphatic carbocycles. The van der Waals surface area contributed by atoms with Gasteiger partial charge in [0.25, 0.3) is 0 Å². The highest BCUT2D eigenvalue weighted by Gasteiger charge is 2.14. The molecule has 2 aromatic rings. The molecule has 0 radical (unpaired) electrons. The lowest BCUT2D eigenvalue weighted by Gasteiger charge is -2.19. The van der Waals surface area contributed by atoms with Crippen LogP contribution in [0.25, 0.3) is 10.9 Å². The van der Waals surface area contributed by atoms with E-state index in [1.165, 1.54) is 86.6 Å². The van der Waals surface area contributed by atoms with Gasteiger partial charge in [-0.3, -0.25) is 9.63 Å². The van der Waals surface area contributed by atoms with Gasteiger partial charge in [-0.25, -0.2) is 5.06 Å². The fourth-order valence-corrected chi connectivity index (χ4v) is 4.30. The molecule has 2 rings (SSSR count). The van der Waals surface area contributed by atoms with Gasteiger partial charge in [-0.2, -0.15) is 0 Å². The number of hydrogen-bond acceptors (Lipinski definition) is 2. The Morgan fingerprint density at radius 1 is 0.871 bits per heavy atom. The number of para-hydroxylation sites is 1. The molecular formula is C27H44N2O2. The fraction of sp³-hybridized carbons (Fsp3) is 0.667. The van der Waals surface area contributed by atoms with Crippen LogP contribution in [0.1, 0.15) is 102 Å². The lowest BCUT2D eigenvalue weighted by molar-refractivity contribution is -0.175. The Balaban J connectivity index is 1.49. The second-order valence-electron chi connectivity index (χ2n) is 8.78. The van der Waals surface area contributed by atoms with Crippen LogP contribution in [-0.4, -0.2) is 29.6 Å². The summed E-state index contributed by atoms with van der Waals surface area (Å²) in [6, 6.07) is 8.28. The molecule has 0 spiro atoms. The average molecular weight is 429 g/mol. The maximum Gasteiger partial charge on any atom is 0.246 e. The summed E-state index contributed by atoms with van der Waals surface area (Å²) in [6.45, 7) is 2.87. The zero-order valence-corrected chi connectivity index (χ0v) is 20.0. The number of nitrogens with one attached hydrogen (secondary N) is 1. The predicted octanol–water partition coefficient (Wildman–Crippen LogP) is 7.58. The molecule has 31 heavy (non-hydrogen) atoms. The summed E-state index contributed by atoms with van der Waals surface area (Å²) >= 11 is 0. The van der Waals surface area contributed by atoms with Crippen LogP contribution in [0, 0.1) is 0 Å². The molecule has 1 heterocycles. The smallest absolute Gasteiger partial charge is 0.246 e. The molecular weight excluding hydrogens is 384 g/mol. The second kappa shape index (κ2) is 15.9. The minimum atomic E-state index is 0.102. The second-order valence-corrected chi connectivity index (χ2v) is 8.78. The van der Waals surface area contributed by atoms with Gasteiger partial charge in [0.2, 0.25) is 5.91 Å². The van der Waals surface area contributed by atoms with E-state index in [2.05, 4.69) is 24.0 Å². The molecule has 0 bridgehead atoms. The molecule has 1 N–H and O–H groups in total. The van der Waals surface area contributed by atoms with Crippen LogP contribution in [0.4, 0.5) is 0 Å². The largest absolute Gasteiger partial charge is 0.361 e. The minimum Gasteiger partial charge on any atom is -0.361 e. The van der Waals surface area contributed by atoms with E-state index in [9.17, 15) is 4.79 Å². The lowest BCUT2D eigenvalue weighted by atomic mass is 10.0. The van der Waals surface area contributed by atoms with Gasteiger partial charge in [-0.15, -0.1) is 0 Å². The van der Waals surface area contributed by atoms with Gasteiger partial charge >= 0.3 is 0 Å². The summed E-state index contributed by atoms with van der Waals surface area (Å²) in [6.07, 6.45) is 20.6. The molecule has 1 amide bonds. The van der Waals surface area contributed by atoms with Crippen molar-refractivity contribution in [3.05, 3.63) is 36.0 Å². The number of aromatic nitrogens is 1. The summed E-state index contributed by atoms with van der Waals surface area (Å²) in [4.78, 5) is 21.1. The monoisotopic (exact) mass is 428 g/mol. The third-order valence-corrected chi connectivity index (χ3v) is 6.25. The first-order chi connectivity index (χ1) is 15.3. The summed E-state index contributed by atoms with van der Waals surface area (Å²) in [5, 5.41) is 2.75. The Morgan fingerprint density at radius 3 is 2.06 bits per heavy atom. The van der Waals surface area contributed by atoms with Gasteiger partial charge in [-0.1, -0.05) is 102 Å². The quantitative estimate of drug-likeness (QED) is 0.196. The van der Waals surface area contributed by atoms with Gasteiger partial charge in [-0.05, 0) is 24.5 Å². The number of fused-ring (bicyclic) bond motifs is 1. The van der Waals surface area contributed by atoms with E-state index < -0.39 is 0 Å². The van der Waals surface area contributed by atoms with Gasteiger partial charge in [0.05, 0.1) is 13.7 Å². The standard InChI is InChI=1S/C27H44N2O2/c1-3-4-5-6-7-8-9-10-11-12-13-14-15-20-27(30)29(31-2)22-21-24-23-28-26-19-17-16-18-25(24)26/h16-19,23,28H,3-15,20-22H2,1-2H3. The third-order valence-electron chi connectivity index (χ3n) is 6.25. The maximum absolute atomic E-state index is 12.5. The van der Waals surface area contributed by atoms with E-state index in [1.807, 2.05) is 18.3 Å². The van der Waals surface area contributed by atoms with Crippen LogP contribution in [-0.2, 0) is 16.1 Å². The van der Waals surface area contributed by atoms with Crippen molar-refractivity contribution in [2.24, 2.45) is 0 Å². The molecule has 0 saturated carbocycles. The third kappa shape index (κ3) is 9.90. The molecule has 0 fully saturated rings. The van der Waals surface area contributed by atoms with Crippen LogP contribution in [0.5, 0.6) is 0 Å². The Labute approximate surface area is 189 Å². The number of aromatic amines is 1. The van der Waals surface area contributed by atoms with Crippen LogP contribution in [0.3, 0.4) is 0 Å². The number of benzene rings is 1. The molecule has 0 unspecified atom stereocenters. The molecule has 174 valence electrons. The number of rotatable bonds is 18. The summed E-state index contributed by atoms with van der Waals surface area (Å²) in [7, 11) is 1.59. The Bertz CT molecular complexity index is 725. The number of carbonyl (C=O) groups excluding carboxylic acids is 1. The van der Waals surface area contributed by atoms with Crippen LogP contribution in [0.2, 0.25) is 0 Å². The normalized spacial score (nSPS) is 11.3. The highest BCUT2D eigenvalue weighted by molar-refractivity contribution is 5.83. The lowest BCUT2D eigenvalue weighted by Crippen LogP contribution is -2.31. The molecule has 0 aliphatic heterocycles. The van der Waals surface area contributed by atoms with Gasteiger partial charge in [0.1, 0.15) is 0 Å². The molecule has 4 heteroatoms. The van der Waals surface area contributed by atoms with E-state index in [4.69, 9.17) is 4.84 Å². The Kier molecular flexibility index (Phi) is 13.1.